The van der Waals surface area contributed by atoms with Crippen LogP contribution in [0.5, 0.6) is 23.0 Å². The molecule has 0 saturated heterocycles. The molecular weight excluding hydrogens is 364 g/mol. The monoisotopic (exact) mass is 386 g/mol. The molecular formula is C21H22O7. The summed E-state index contributed by atoms with van der Waals surface area (Å²) in [6.45, 7) is 1.90. The van der Waals surface area contributed by atoms with Crippen molar-refractivity contribution in [2.45, 2.75) is 19.8 Å². The first-order chi connectivity index (χ1) is 13.5. The second-order valence-corrected chi connectivity index (χ2v) is 6.19. The maximum absolute atomic E-state index is 13.0. The predicted molar refractivity (Wildman–Crippen MR) is 104 cm³/mol. The molecule has 3 aromatic rings. The third-order valence-corrected chi connectivity index (χ3v) is 4.41. The number of aliphatic hydroxyl groups excluding tert-OH is 1. The zero-order chi connectivity index (χ0) is 20.3. The van der Waals surface area contributed by atoms with Crippen molar-refractivity contribution in [3.63, 3.8) is 0 Å². The summed E-state index contributed by atoms with van der Waals surface area (Å²) < 4.78 is 17.0. The maximum atomic E-state index is 13.0. The minimum Gasteiger partial charge on any atom is -0.508 e. The summed E-state index contributed by atoms with van der Waals surface area (Å²) >= 11 is 0. The topological polar surface area (TPSA) is 109 Å². The van der Waals surface area contributed by atoms with Gasteiger partial charge in [0.2, 0.25) is 5.75 Å². The summed E-state index contributed by atoms with van der Waals surface area (Å²) in [5.41, 5.74) is 0.905. The Kier molecular flexibility index (Phi) is 5.75. The van der Waals surface area contributed by atoms with Crippen LogP contribution in [0, 0.1) is 0 Å². The van der Waals surface area contributed by atoms with E-state index in [0.29, 0.717) is 29.7 Å². The molecule has 7 nitrogen and oxygen atoms in total. The number of fused-ring (bicyclic) bond motifs is 1. The quantitative estimate of drug-likeness (QED) is 0.535. The standard InChI is InChI=1S/C21H22O7/c1-3-14-18(25)21(26-2)20(27-10-4-9-22)17-15(24)11-16(28-19(14)17)12-5-7-13(23)8-6-12/h5-8,11,22-23,25H,3-4,9-10H2,1-2H3. The van der Waals surface area contributed by atoms with Gasteiger partial charge in [0.15, 0.2) is 16.9 Å². The largest absolute Gasteiger partial charge is 0.508 e. The Bertz CT molecular complexity index is 1040. The first-order valence-electron chi connectivity index (χ1n) is 8.94. The number of benzene rings is 2. The van der Waals surface area contributed by atoms with Gasteiger partial charge in [0.1, 0.15) is 22.5 Å². The SMILES string of the molecule is CCc1c(O)c(OC)c(OCCCO)c2c(=O)cc(-c3ccc(O)cc3)oc12. The Labute approximate surface area is 161 Å². The maximum Gasteiger partial charge on any atom is 0.204 e. The molecule has 0 unspecified atom stereocenters. The second-order valence-electron chi connectivity index (χ2n) is 6.19. The number of aryl methyl sites for hydroxylation is 1. The molecule has 28 heavy (non-hydrogen) atoms. The Morgan fingerprint density at radius 2 is 1.82 bits per heavy atom. The molecule has 0 saturated carbocycles. The van der Waals surface area contributed by atoms with Gasteiger partial charge in [-0.15, -0.1) is 0 Å². The molecule has 7 heteroatoms. The number of phenolic OH excluding ortho intramolecular Hbond substituents is 2. The molecule has 0 aliphatic rings. The van der Waals surface area contributed by atoms with Crippen molar-refractivity contribution in [3.05, 3.63) is 46.1 Å². The molecule has 3 rings (SSSR count). The molecule has 0 bridgehead atoms. The van der Waals surface area contributed by atoms with E-state index in [-0.39, 0.29) is 52.6 Å². The van der Waals surface area contributed by atoms with Crippen molar-refractivity contribution >= 4 is 11.0 Å². The average Bonchev–Trinajstić information content (AvgIpc) is 2.68. The Morgan fingerprint density at radius 3 is 2.43 bits per heavy atom. The zero-order valence-electron chi connectivity index (χ0n) is 15.7. The molecule has 0 radical (unpaired) electrons. The van der Waals surface area contributed by atoms with Crippen LogP contribution in [0.25, 0.3) is 22.3 Å². The first kappa shape index (κ1) is 19.6. The normalized spacial score (nSPS) is 11.0. The van der Waals surface area contributed by atoms with E-state index in [1.807, 2.05) is 6.92 Å². The smallest absolute Gasteiger partial charge is 0.204 e. The van der Waals surface area contributed by atoms with E-state index in [1.54, 1.807) is 12.1 Å². The lowest BCUT2D eigenvalue weighted by Gasteiger charge is -2.17. The molecule has 1 heterocycles. The van der Waals surface area contributed by atoms with E-state index in [0.717, 1.165) is 0 Å². The van der Waals surface area contributed by atoms with Crippen molar-refractivity contribution < 1.29 is 29.2 Å². The van der Waals surface area contributed by atoms with Crippen LogP contribution < -0.4 is 14.9 Å². The molecule has 3 N–H and O–H groups in total. The van der Waals surface area contributed by atoms with Crippen LogP contribution in [0.2, 0.25) is 0 Å². The summed E-state index contributed by atoms with van der Waals surface area (Å²) in [5.74, 6) is 0.405. The number of hydrogen-bond donors (Lipinski definition) is 3. The summed E-state index contributed by atoms with van der Waals surface area (Å²) in [6, 6.07) is 7.59. The fourth-order valence-corrected chi connectivity index (χ4v) is 3.05. The Hall–Kier alpha value is -3.19. The third-order valence-electron chi connectivity index (χ3n) is 4.41. The van der Waals surface area contributed by atoms with Gasteiger partial charge in [0.25, 0.3) is 0 Å². The van der Waals surface area contributed by atoms with Crippen molar-refractivity contribution in [2.24, 2.45) is 0 Å². The van der Waals surface area contributed by atoms with Gasteiger partial charge in [-0.25, -0.2) is 0 Å². The van der Waals surface area contributed by atoms with Crippen LogP contribution >= 0.6 is 0 Å². The predicted octanol–water partition coefficient (Wildman–Crippen LogP) is 3.20. The van der Waals surface area contributed by atoms with Crippen LogP contribution in [0.1, 0.15) is 18.9 Å². The molecule has 0 atom stereocenters. The number of aliphatic hydroxyl groups is 1. The number of hydrogen-bond acceptors (Lipinski definition) is 7. The second kappa shape index (κ2) is 8.22. The van der Waals surface area contributed by atoms with Crippen molar-refractivity contribution in [1.82, 2.24) is 0 Å². The number of aromatic hydroxyl groups is 2. The summed E-state index contributed by atoms with van der Waals surface area (Å²) in [6.07, 6.45) is 0.759. The van der Waals surface area contributed by atoms with Gasteiger partial charge in [0, 0.05) is 30.2 Å². The number of methoxy groups -OCH3 is 1. The minimum absolute atomic E-state index is 0.0620. The summed E-state index contributed by atoms with van der Waals surface area (Å²) in [5, 5.41) is 29.3. The van der Waals surface area contributed by atoms with Crippen molar-refractivity contribution in [1.29, 1.82) is 0 Å². The molecule has 0 amide bonds. The highest BCUT2D eigenvalue weighted by atomic mass is 16.5. The summed E-state index contributed by atoms with van der Waals surface area (Å²) in [7, 11) is 1.38. The lowest BCUT2D eigenvalue weighted by Crippen LogP contribution is -2.09. The zero-order valence-corrected chi connectivity index (χ0v) is 15.7. The minimum atomic E-state index is -0.351. The highest BCUT2D eigenvalue weighted by molar-refractivity contribution is 5.93. The van der Waals surface area contributed by atoms with Gasteiger partial charge in [-0.3, -0.25) is 4.79 Å². The number of ether oxygens (including phenoxy) is 2. The first-order valence-corrected chi connectivity index (χ1v) is 8.94. The molecule has 0 aliphatic carbocycles. The van der Waals surface area contributed by atoms with E-state index in [4.69, 9.17) is 19.0 Å². The van der Waals surface area contributed by atoms with Crippen molar-refractivity contribution in [2.75, 3.05) is 20.3 Å². The molecule has 0 aliphatic heterocycles. The van der Waals surface area contributed by atoms with E-state index < -0.39 is 0 Å². The van der Waals surface area contributed by atoms with Crippen molar-refractivity contribution in [3.8, 4) is 34.3 Å². The van der Waals surface area contributed by atoms with Gasteiger partial charge < -0.3 is 29.2 Å². The third kappa shape index (κ3) is 3.48. The van der Waals surface area contributed by atoms with Crippen LogP contribution in [0.15, 0.2) is 39.5 Å². The molecule has 2 aromatic carbocycles. The van der Waals surface area contributed by atoms with E-state index in [9.17, 15) is 15.0 Å². The molecule has 1 aromatic heterocycles. The van der Waals surface area contributed by atoms with Gasteiger partial charge in [-0.05, 0) is 30.7 Å². The van der Waals surface area contributed by atoms with Crippen LogP contribution in [0.3, 0.4) is 0 Å². The van der Waals surface area contributed by atoms with Crippen LogP contribution in [-0.2, 0) is 6.42 Å². The van der Waals surface area contributed by atoms with Crippen LogP contribution in [0.4, 0.5) is 0 Å². The fourth-order valence-electron chi connectivity index (χ4n) is 3.05. The van der Waals surface area contributed by atoms with Crippen LogP contribution in [-0.4, -0.2) is 35.6 Å². The molecule has 0 fully saturated rings. The van der Waals surface area contributed by atoms with E-state index in [1.165, 1.54) is 25.3 Å². The lowest BCUT2D eigenvalue weighted by atomic mass is 10.0. The highest BCUT2D eigenvalue weighted by Crippen LogP contribution is 2.46. The highest BCUT2D eigenvalue weighted by Gasteiger charge is 2.25. The van der Waals surface area contributed by atoms with Gasteiger partial charge >= 0.3 is 0 Å². The molecule has 148 valence electrons. The van der Waals surface area contributed by atoms with Gasteiger partial charge in [0.05, 0.1) is 13.7 Å². The lowest BCUT2D eigenvalue weighted by molar-refractivity contribution is 0.228. The number of rotatable bonds is 7. The van der Waals surface area contributed by atoms with Gasteiger partial charge in [-0.1, -0.05) is 6.92 Å². The van der Waals surface area contributed by atoms with Gasteiger partial charge in [-0.2, -0.15) is 0 Å². The molecule has 0 spiro atoms. The Morgan fingerprint density at radius 1 is 1.11 bits per heavy atom. The van der Waals surface area contributed by atoms with E-state index in [2.05, 4.69) is 0 Å². The summed E-state index contributed by atoms with van der Waals surface area (Å²) in [4.78, 5) is 13.0. The van der Waals surface area contributed by atoms with E-state index >= 15 is 0 Å². The Balaban J connectivity index is 2.30. The fraction of sp³-hybridized carbons (Fsp3) is 0.286. The average molecular weight is 386 g/mol. The number of phenols is 2.